The Labute approximate surface area is 297 Å². The molecular weight excluding hydrogens is 635 g/mol. The first kappa shape index (κ1) is 27.7. The van der Waals surface area contributed by atoms with E-state index in [1.54, 1.807) is 0 Å². The van der Waals surface area contributed by atoms with E-state index in [9.17, 15) is 0 Å². The van der Waals surface area contributed by atoms with E-state index in [1.807, 2.05) is 0 Å². The molecule has 12 rings (SSSR count). The normalized spacial score (nSPS) is 12.2. The van der Waals surface area contributed by atoms with Crippen LogP contribution in [0.1, 0.15) is 0 Å². The Morgan fingerprint density at radius 3 is 1.15 bits per heavy atom. The van der Waals surface area contributed by atoms with Gasteiger partial charge in [-0.3, -0.25) is 0 Å². The van der Waals surface area contributed by atoms with Crippen LogP contribution in [0.3, 0.4) is 0 Å². The van der Waals surface area contributed by atoms with Crippen molar-refractivity contribution in [3.8, 4) is 17.1 Å². The van der Waals surface area contributed by atoms with Crippen molar-refractivity contribution in [3.05, 3.63) is 176 Å². The molecule has 242 valence electrons. The summed E-state index contributed by atoms with van der Waals surface area (Å²) in [5.74, 6) is 0. The molecule has 4 nitrogen and oxygen atoms in total. The van der Waals surface area contributed by atoms with Crippen molar-refractivity contribution in [2.75, 3.05) is 0 Å². The third-order valence-corrected chi connectivity index (χ3v) is 11.0. The first-order chi connectivity index (χ1) is 25.8. The molecule has 4 heterocycles. The Bertz CT molecular complexity index is 3360. The van der Waals surface area contributed by atoms with E-state index in [4.69, 9.17) is 4.42 Å². The minimum Gasteiger partial charge on any atom is -0.456 e. The molecule has 0 atom stereocenters. The van der Waals surface area contributed by atoms with Crippen molar-refractivity contribution in [2.24, 2.45) is 0 Å². The van der Waals surface area contributed by atoms with Crippen molar-refractivity contribution in [1.29, 1.82) is 0 Å². The van der Waals surface area contributed by atoms with Gasteiger partial charge in [-0.25, -0.2) is 0 Å². The first-order valence-corrected chi connectivity index (χ1v) is 17.8. The molecule has 0 fully saturated rings. The zero-order valence-electron chi connectivity index (χ0n) is 28.0. The van der Waals surface area contributed by atoms with Crippen molar-refractivity contribution < 1.29 is 4.42 Å². The van der Waals surface area contributed by atoms with Gasteiger partial charge in [0, 0.05) is 60.2 Å². The molecule has 0 bridgehead atoms. The number of furan rings is 1. The summed E-state index contributed by atoms with van der Waals surface area (Å²) in [6.07, 6.45) is 0. The Morgan fingerprint density at radius 2 is 0.654 bits per heavy atom. The number of nitrogens with zero attached hydrogens (tertiary/aromatic N) is 3. The second-order valence-corrected chi connectivity index (χ2v) is 13.7. The van der Waals surface area contributed by atoms with Crippen LogP contribution in [-0.4, -0.2) is 13.7 Å². The molecule has 0 spiro atoms. The summed E-state index contributed by atoms with van der Waals surface area (Å²) in [7, 11) is 0. The fraction of sp³-hybridized carbons (Fsp3) is 0. The average molecular weight is 664 g/mol. The minimum atomic E-state index is 0.877. The Kier molecular flexibility index (Phi) is 5.47. The highest BCUT2D eigenvalue weighted by atomic mass is 16.3. The van der Waals surface area contributed by atoms with E-state index < -0.39 is 0 Å². The predicted molar refractivity (Wildman–Crippen MR) is 217 cm³/mol. The van der Waals surface area contributed by atoms with Gasteiger partial charge in [0.1, 0.15) is 11.2 Å². The second kappa shape index (κ2) is 10.3. The molecule has 0 N–H and O–H groups in total. The summed E-state index contributed by atoms with van der Waals surface area (Å²) >= 11 is 0. The maximum Gasteiger partial charge on any atom is 0.135 e. The number of benzene rings is 8. The van der Waals surface area contributed by atoms with Crippen LogP contribution in [0.5, 0.6) is 0 Å². The van der Waals surface area contributed by atoms with E-state index >= 15 is 0 Å². The summed E-state index contributed by atoms with van der Waals surface area (Å²) in [4.78, 5) is 0. The Hall–Kier alpha value is -7.04. The zero-order chi connectivity index (χ0) is 33.9. The van der Waals surface area contributed by atoms with Gasteiger partial charge in [-0.2, -0.15) is 0 Å². The molecular formula is C48H29N3O. The molecule has 0 radical (unpaired) electrons. The van der Waals surface area contributed by atoms with Crippen molar-refractivity contribution in [1.82, 2.24) is 13.7 Å². The highest BCUT2D eigenvalue weighted by Crippen LogP contribution is 2.43. The molecule has 0 unspecified atom stereocenters. The van der Waals surface area contributed by atoms with Crippen molar-refractivity contribution in [2.45, 2.75) is 0 Å². The van der Waals surface area contributed by atoms with E-state index in [0.29, 0.717) is 0 Å². The maximum atomic E-state index is 6.51. The van der Waals surface area contributed by atoms with Gasteiger partial charge in [0.05, 0.1) is 33.1 Å². The standard InChI is InChI=1S/C48H29N3O/c1-2-12-30(13-3-1)50-43-20-10-6-16-35(43)37-24-25-38-36-17-7-11-21-44(36)51(48(38)47(37)50)32-23-27-46-40(29-32)39-28-31(22-26-45(39)52-46)49-41-18-8-4-14-33(41)34-15-5-9-19-42(34)49/h1-29H. The van der Waals surface area contributed by atoms with Crippen LogP contribution in [0.4, 0.5) is 0 Å². The van der Waals surface area contributed by atoms with Gasteiger partial charge in [0.15, 0.2) is 0 Å². The largest absolute Gasteiger partial charge is 0.456 e. The summed E-state index contributed by atoms with van der Waals surface area (Å²) in [5.41, 5.74) is 12.3. The molecule has 0 aliphatic carbocycles. The highest BCUT2D eigenvalue weighted by molar-refractivity contribution is 6.24. The summed E-state index contributed by atoms with van der Waals surface area (Å²) in [5, 5.41) is 9.64. The molecule has 4 heteroatoms. The van der Waals surface area contributed by atoms with Gasteiger partial charge in [-0.15, -0.1) is 0 Å². The average Bonchev–Trinajstić information content (AvgIpc) is 3.94. The molecule has 4 aromatic heterocycles. The second-order valence-electron chi connectivity index (χ2n) is 13.7. The molecule has 0 amide bonds. The third-order valence-electron chi connectivity index (χ3n) is 11.0. The first-order valence-electron chi connectivity index (χ1n) is 17.8. The number of aromatic nitrogens is 3. The minimum absolute atomic E-state index is 0.877. The zero-order valence-corrected chi connectivity index (χ0v) is 28.0. The lowest BCUT2D eigenvalue weighted by atomic mass is 10.1. The van der Waals surface area contributed by atoms with Crippen LogP contribution in [0, 0.1) is 0 Å². The molecule has 12 aromatic rings. The molecule has 0 aliphatic rings. The van der Waals surface area contributed by atoms with Crippen molar-refractivity contribution >= 4 is 87.4 Å². The number of hydrogen-bond acceptors (Lipinski definition) is 1. The maximum absolute atomic E-state index is 6.51. The van der Waals surface area contributed by atoms with E-state index in [2.05, 4.69) is 190 Å². The SMILES string of the molecule is c1ccc(-n2c3ccccc3c3ccc4c5ccccc5n(-c5ccc6oc7ccc(-n8c9ccccc9c9ccccc98)cc7c6c5)c4c32)cc1. The number of fused-ring (bicyclic) bond motifs is 13. The van der Waals surface area contributed by atoms with E-state index in [0.717, 1.165) is 39.0 Å². The smallest absolute Gasteiger partial charge is 0.135 e. The van der Waals surface area contributed by atoms with Crippen LogP contribution in [-0.2, 0) is 0 Å². The molecule has 0 saturated heterocycles. The van der Waals surface area contributed by atoms with Crippen LogP contribution < -0.4 is 0 Å². The third kappa shape index (κ3) is 3.65. The Balaban J connectivity index is 1.17. The van der Waals surface area contributed by atoms with Crippen LogP contribution in [0.15, 0.2) is 180 Å². The fourth-order valence-electron chi connectivity index (χ4n) is 8.85. The lowest BCUT2D eigenvalue weighted by Gasteiger charge is -2.12. The van der Waals surface area contributed by atoms with Gasteiger partial charge in [-0.05, 0) is 72.8 Å². The molecule has 0 saturated carbocycles. The summed E-state index contributed by atoms with van der Waals surface area (Å²) in [6.45, 7) is 0. The number of hydrogen-bond donors (Lipinski definition) is 0. The number of rotatable bonds is 3. The molecule has 0 aliphatic heterocycles. The highest BCUT2D eigenvalue weighted by Gasteiger charge is 2.22. The molecule has 52 heavy (non-hydrogen) atoms. The fourth-order valence-corrected chi connectivity index (χ4v) is 8.85. The van der Waals surface area contributed by atoms with Gasteiger partial charge in [0.25, 0.3) is 0 Å². The van der Waals surface area contributed by atoms with Gasteiger partial charge < -0.3 is 18.1 Å². The van der Waals surface area contributed by atoms with Crippen LogP contribution in [0.2, 0.25) is 0 Å². The monoisotopic (exact) mass is 663 g/mol. The quantitative estimate of drug-likeness (QED) is 0.185. The number of para-hydroxylation sites is 5. The lowest BCUT2D eigenvalue weighted by molar-refractivity contribution is 0.669. The van der Waals surface area contributed by atoms with Gasteiger partial charge in [-0.1, -0.05) is 103 Å². The van der Waals surface area contributed by atoms with E-state index in [1.165, 1.54) is 65.4 Å². The topological polar surface area (TPSA) is 27.9 Å². The summed E-state index contributed by atoms with van der Waals surface area (Å²) in [6, 6.07) is 63.5. The predicted octanol–water partition coefficient (Wildman–Crippen LogP) is 12.9. The van der Waals surface area contributed by atoms with Gasteiger partial charge in [0.2, 0.25) is 0 Å². The van der Waals surface area contributed by atoms with Gasteiger partial charge >= 0.3 is 0 Å². The van der Waals surface area contributed by atoms with Crippen LogP contribution >= 0.6 is 0 Å². The lowest BCUT2D eigenvalue weighted by Crippen LogP contribution is -1.98. The van der Waals surface area contributed by atoms with Crippen molar-refractivity contribution in [3.63, 3.8) is 0 Å². The van der Waals surface area contributed by atoms with E-state index in [-0.39, 0.29) is 0 Å². The molecule has 8 aromatic carbocycles. The summed E-state index contributed by atoms with van der Waals surface area (Å²) < 4.78 is 13.8. The van der Waals surface area contributed by atoms with Crippen LogP contribution in [0.25, 0.3) is 104 Å². The Morgan fingerprint density at radius 1 is 0.269 bits per heavy atom.